The number of nitrogens with one attached hydrogen (secondary N) is 1. The van der Waals surface area contributed by atoms with Crippen LogP contribution in [0.1, 0.15) is 41.0 Å². The number of alkyl carbamates (subject to hydrolysis) is 1. The van der Waals surface area contributed by atoms with Crippen molar-refractivity contribution in [1.29, 1.82) is 0 Å². The van der Waals surface area contributed by atoms with E-state index < -0.39 is 23.7 Å². The Hall–Kier alpha value is -3.81. The van der Waals surface area contributed by atoms with E-state index in [9.17, 15) is 14.4 Å². The molecule has 0 bridgehead atoms. The standard InChI is InChI=1S/C26H29NO7/c1-16(2)13-20(27-25(30)34-26(3,4)5)24(29)33-18-11-12-19-21(14-18)31-15-22(23(19)28)32-17-9-7-6-8-10-17/h6-12,14-16,20H,13H2,1-5H3,(H,27,30)/t20-/m1/s1. The van der Waals surface area contributed by atoms with Gasteiger partial charge < -0.3 is 23.9 Å². The number of esters is 1. The number of hydrogen-bond donors (Lipinski definition) is 1. The number of amides is 1. The number of fused-ring (bicyclic) bond motifs is 1. The lowest BCUT2D eigenvalue weighted by Gasteiger charge is -2.23. The molecule has 0 spiro atoms. The van der Waals surface area contributed by atoms with Crippen LogP contribution in [0.4, 0.5) is 4.79 Å². The molecule has 8 heteroatoms. The summed E-state index contributed by atoms with van der Waals surface area (Å²) in [6.45, 7) is 9.07. The zero-order chi connectivity index (χ0) is 24.9. The summed E-state index contributed by atoms with van der Waals surface area (Å²) in [7, 11) is 0. The van der Waals surface area contributed by atoms with Crippen molar-refractivity contribution in [2.45, 2.75) is 52.7 Å². The minimum Gasteiger partial charge on any atom is -0.460 e. The summed E-state index contributed by atoms with van der Waals surface area (Å²) >= 11 is 0. The van der Waals surface area contributed by atoms with Crippen molar-refractivity contribution in [3.05, 3.63) is 65.0 Å². The first-order valence-electron chi connectivity index (χ1n) is 11.0. The molecule has 0 aliphatic carbocycles. The average molecular weight is 468 g/mol. The van der Waals surface area contributed by atoms with E-state index in [1.165, 1.54) is 24.5 Å². The molecule has 2 aromatic carbocycles. The topological polar surface area (TPSA) is 104 Å². The van der Waals surface area contributed by atoms with E-state index in [0.717, 1.165) is 0 Å². The maximum atomic E-state index is 12.8. The summed E-state index contributed by atoms with van der Waals surface area (Å²) in [5.41, 5.74) is -0.821. The van der Waals surface area contributed by atoms with Gasteiger partial charge in [0.25, 0.3) is 0 Å². The molecule has 3 rings (SSSR count). The van der Waals surface area contributed by atoms with Crippen molar-refractivity contribution in [3.8, 4) is 17.2 Å². The Morgan fingerprint density at radius 1 is 1.03 bits per heavy atom. The number of para-hydroxylation sites is 1. The van der Waals surface area contributed by atoms with Crippen molar-refractivity contribution in [1.82, 2.24) is 5.32 Å². The second kappa shape index (κ2) is 10.4. The third-order valence-electron chi connectivity index (χ3n) is 4.59. The van der Waals surface area contributed by atoms with Crippen molar-refractivity contribution in [3.63, 3.8) is 0 Å². The lowest BCUT2D eigenvalue weighted by atomic mass is 10.0. The molecule has 1 aromatic heterocycles. The predicted molar refractivity (Wildman–Crippen MR) is 127 cm³/mol. The number of carbonyl (C=O) groups excluding carboxylic acids is 2. The summed E-state index contributed by atoms with van der Waals surface area (Å²) in [5.74, 6) is 0.197. The summed E-state index contributed by atoms with van der Waals surface area (Å²) < 4.78 is 21.9. The highest BCUT2D eigenvalue weighted by molar-refractivity contribution is 5.84. The summed E-state index contributed by atoms with van der Waals surface area (Å²) in [6.07, 6.45) is 0.876. The molecule has 3 aromatic rings. The number of ether oxygens (including phenoxy) is 3. The van der Waals surface area contributed by atoms with E-state index in [0.29, 0.717) is 12.2 Å². The quantitative estimate of drug-likeness (QED) is 0.365. The average Bonchev–Trinajstić information content (AvgIpc) is 2.74. The third kappa shape index (κ3) is 6.84. The number of benzene rings is 2. The summed E-state index contributed by atoms with van der Waals surface area (Å²) in [4.78, 5) is 37.8. The molecular weight excluding hydrogens is 438 g/mol. The van der Waals surface area contributed by atoms with E-state index in [2.05, 4.69) is 5.32 Å². The maximum absolute atomic E-state index is 12.8. The van der Waals surface area contributed by atoms with Crippen LogP contribution in [0.3, 0.4) is 0 Å². The largest absolute Gasteiger partial charge is 0.460 e. The molecule has 0 fully saturated rings. The number of carbonyl (C=O) groups is 2. The number of rotatable bonds is 7. The maximum Gasteiger partial charge on any atom is 0.408 e. The molecule has 0 saturated carbocycles. The Balaban J connectivity index is 1.77. The molecule has 0 radical (unpaired) electrons. The van der Waals surface area contributed by atoms with E-state index >= 15 is 0 Å². The van der Waals surface area contributed by atoms with Gasteiger partial charge >= 0.3 is 12.1 Å². The van der Waals surface area contributed by atoms with Crippen LogP contribution in [0.25, 0.3) is 11.0 Å². The highest BCUT2D eigenvalue weighted by atomic mass is 16.6. The molecule has 1 heterocycles. The molecule has 1 N–H and O–H groups in total. The van der Waals surface area contributed by atoms with Gasteiger partial charge in [0.1, 0.15) is 35.0 Å². The van der Waals surface area contributed by atoms with Gasteiger partial charge in [0.2, 0.25) is 11.2 Å². The second-order valence-corrected chi connectivity index (χ2v) is 9.25. The molecule has 34 heavy (non-hydrogen) atoms. The van der Waals surface area contributed by atoms with Crippen molar-refractivity contribution in [2.24, 2.45) is 5.92 Å². The number of hydrogen-bond acceptors (Lipinski definition) is 7. The summed E-state index contributed by atoms with van der Waals surface area (Å²) in [5, 5.41) is 2.85. The molecule has 1 atom stereocenters. The lowest BCUT2D eigenvalue weighted by Crippen LogP contribution is -2.45. The molecule has 180 valence electrons. The molecular formula is C26H29NO7. The van der Waals surface area contributed by atoms with Crippen molar-refractivity contribution in [2.75, 3.05) is 0 Å². The Morgan fingerprint density at radius 3 is 2.38 bits per heavy atom. The zero-order valence-electron chi connectivity index (χ0n) is 19.9. The van der Waals surface area contributed by atoms with E-state index in [-0.39, 0.29) is 33.8 Å². The minimum absolute atomic E-state index is 0.0435. The van der Waals surface area contributed by atoms with Gasteiger partial charge in [-0.2, -0.15) is 0 Å². The highest BCUT2D eigenvalue weighted by Crippen LogP contribution is 2.24. The normalized spacial score (nSPS) is 12.3. The Labute approximate surface area is 197 Å². The van der Waals surface area contributed by atoms with Gasteiger partial charge in [0.05, 0.1) is 5.39 Å². The zero-order valence-corrected chi connectivity index (χ0v) is 19.9. The molecule has 8 nitrogen and oxygen atoms in total. The van der Waals surface area contributed by atoms with Gasteiger partial charge in [-0.25, -0.2) is 9.59 Å². The molecule has 0 aliphatic rings. The molecule has 0 unspecified atom stereocenters. The Bertz CT molecular complexity index is 1210. The van der Waals surface area contributed by atoms with Crippen LogP contribution in [0, 0.1) is 5.92 Å². The van der Waals surface area contributed by atoms with Gasteiger partial charge in [-0.15, -0.1) is 0 Å². The van der Waals surface area contributed by atoms with Crippen LogP contribution in [-0.4, -0.2) is 23.7 Å². The Kier molecular flexibility index (Phi) is 7.61. The molecule has 0 saturated heterocycles. The van der Waals surface area contributed by atoms with Gasteiger partial charge in [0.15, 0.2) is 0 Å². The fourth-order valence-electron chi connectivity index (χ4n) is 3.16. The highest BCUT2D eigenvalue weighted by Gasteiger charge is 2.27. The van der Waals surface area contributed by atoms with E-state index in [1.807, 2.05) is 19.9 Å². The summed E-state index contributed by atoms with van der Waals surface area (Å²) in [6, 6.07) is 12.4. The third-order valence-corrected chi connectivity index (χ3v) is 4.59. The smallest absolute Gasteiger partial charge is 0.408 e. The molecule has 1 amide bonds. The van der Waals surface area contributed by atoms with Crippen LogP contribution in [0.5, 0.6) is 17.2 Å². The first-order chi connectivity index (χ1) is 16.0. The van der Waals surface area contributed by atoms with Gasteiger partial charge in [-0.3, -0.25) is 4.79 Å². The van der Waals surface area contributed by atoms with Gasteiger partial charge in [-0.1, -0.05) is 32.0 Å². The van der Waals surface area contributed by atoms with Crippen LogP contribution < -0.4 is 20.2 Å². The van der Waals surface area contributed by atoms with E-state index in [1.54, 1.807) is 45.0 Å². The lowest BCUT2D eigenvalue weighted by molar-refractivity contribution is -0.137. The van der Waals surface area contributed by atoms with Crippen LogP contribution in [0.15, 0.2) is 64.0 Å². The van der Waals surface area contributed by atoms with E-state index in [4.69, 9.17) is 18.6 Å². The molecule has 0 aliphatic heterocycles. The monoisotopic (exact) mass is 467 g/mol. The van der Waals surface area contributed by atoms with Gasteiger partial charge in [0, 0.05) is 6.07 Å². The van der Waals surface area contributed by atoms with Crippen LogP contribution in [0.2, 0.25) is 0 Å². The fourth-order valence-corrected chi connectivity index (χ4v) is 3.16. The SMILES string of the molecule is CC(C)C[C@@H](NC(=O)OC(C)(C)C)C(=O)Oc1ccc2c(=O)c(Oc3ccccc3)coc2c1. The fraction of sp³-hybridized carbons (Fsp3) is 0.346. The minimum atomic E-state index is -0.904. The van der Waals surface area contributed by atoms with Crippen molar-refractivity contribution >= 4 is 23.0 Å². The van der Waals surface area contributed by atoms with Crippen LogP contribution >= 0.6 is 0 Å². The Morgan fingerprint density at radius 2 is 1.74 bits per heavy atom. The first-order valence-corrected chi connectivity index (χ1v) is 11.0. The van der Waals surface area contributed by atoms with Crippen LogP contribution in [-0.2, 0) is 9.53 Å². The van der Waals surface area contributed by atoms with Gasteiger partial charge in [-0.05, 0) is 57.4 Å². The first kappa shape index (κ1) is 24.8. The van der Waals surface area contributed by atoms with Crippen molar-refractivity contribution < 1.29 is 28.2 Å². The predicted octanol–water partition coefficient (Wildman–Crippen LogP) is 5.43. The second-order valence-electron chi connectivity index (χ2n) is 9.25.